The highest BCUT2D eigenvalue weighted by Gasteiger charge is 2.21. The van der Waals surface area contributed by atoms with Crippen LogP contribution in [0.1, 0.15) is 16.8 Å². The first-order valence-corrected chi connectivity index (χ1v) is 8.22. The third kappa shape index (κ3) is 3.35. The van der Waals surface area contributed by atoms with Gasteiger partial charge >= 0.3 is 0 Å². The fraction of sp³-hybridized carbons (Fsp3) is 0.167. The number of aromatic nitrogens is 1. The Bertz CT molecular complexity index is 778. The maximum Gasteiger partial charge on any atom is 0.252 e. The van der Waals surface area contributed by atoms with E-state index in [1.54, 1.807) is 31.2 Å². The summed E-state index contributed by atoms with van der Waals surface area (Å²) in [7, 11) is -3.65. The van der Waals surface area contributed by atoms with E-state index in [4.69, 9.17) is 16.9 Å². The van der Waals surface area contributed by atoms with Crippen LogP contribution in [0.2, 0.25) is 4.47 Å². The van der Waals surface area contributed by atoms with Crippen LogP contribution in [0.25, 0.3) is 0 Å². The third-order valence-electron chi connectivity index (χ3n) is 2.49. The molecule has 0 radical (unpaired) electrons. The number of nitrogens with one attached hydrogen (secondary N) is 1. The monoisotopic (exact) mass is 327 g/mol. The Morgan fingerprint density at radius 1 is 1.50 bits per heavy atom. The van der Waals surface area contributed by atoms with Crippen LogP contribution in [0.15, 0.2) is 28.5 Å². The Hall–Kier alpha value is -1.46. The van der Waals surface area contributed by atoms with Crippen molar-refractivity contribution in [3.8, 4) is 6.07 Å². The molecule has 0 unspecified atom stereocenters. The highest BCUT2D eigenvalue weighted by atomic mass is 35.5. The zero-order valence-electron chi connectivity index (χ0n) is 10.4. The van der Waals surface area contributed by atoms with Crippen molar-refractivity contribution >= 4 is 33.0 Å². The maximum absolute atomic E-state index is 12.1. The number of sulfonamides is 1. The van der Waals surface area contributed by atoms with Crippen molar-refractivity contribution in [1.29, 1.82) is 5.26 Å². The number of hydrogen-bond acceptors (Lipinski definition) is 5. The molecular weight excluding hydrogens is 318 g/mol. The molecule has 0 bridgehead atoms. The molecule has 2 rings (SSSR count). The van der Waals surface area contributed by atoms with E-state index < -0.39 is 10.0 Å². The number of halogens is 1. The van der Waals surface area contributed by atoms with Crippen LogP contribution < -0.4 is 4.72 Å². The van der Waals surface area contributed by atoms with Gasteiger partial charge in [-0.2, -0.15) is 5.26 Å². The van der Waals surface area contributed by atoms with Gasteiger partial charge in [0.15, 0.2) is 8.68 Å². The van der Waals surface area contributed by atoms with Crippen LogP contribution in [-0.4, -0.2) is 13.4 Å². The van der Waals surface area contributed by atoms with Crippen molar-refractivity contribution in [2.45, 2.75) is 17.7 Å². The lowest BCUT2D eigenvalue weighted by Crippen LogP contribution is -2.23. The molecule has 0 aliphatic carbocycles. The Labute approximate surface area is 125 Å². The van der Waals surface area contributed by atoms with E-state index in [9.17, 15) is 8.42 Å². The lowest BCUT2D eigenvalue weighted by molar-refractivity contribution is 0.582. The van der Waals surface area contributed by atoms with Crippen LogP contribution in [-0.2, 0) is 16.6 Å². The predicted octanol–water partition coefficient (Wildman–Crippen LogP) is 2.46. The standard InChI is InChI=1S/C12H10ClN3O2S2/c1-8-11(19-12(13)16-8)20(17,18)15-7-10-4-2-3-9(5-10)6-14/h2-5,15H,7H2,1H3. The molecule has 0 amide bonds. The van der Waals surface area contributed by atoms with Gasteiger partial charge in [-0.25, -0.2) is 18.1 Å². The van der Waals surface area contributed by atoms with Gasteiger partial charge in [-0.3, -0.25) is 0 Å². The number of nitriles is 1. The van der Waals surface area contributed by atoms with Crippen molar-refractivity contribution in [1.82, 2.24) is 9.71 Å². The SMILES string of the molecule is Cc1nc(Cl)sc1S(=O)(=O)NCc1cccc(C#N)c1. The zero-order chi connectivity index (χ0) is 14.8. The molecule has 1 heterocycles. The lowest BCUT2D eigenvalue weighted by atomic mass is 10.1. The minimum Gasteiger partial charge on any atom is -0.229 e. The average Bonchev–Trinajstić information content (AvgIpc) is 2.77. The van der Waals surface area contributed by atoms with Gasteiger partial charge in [0.05, 0.1) is 17.3 Å². The van der Waals surface area contributed by atoms with Gasteiger partial charge in [-0.1, -0.05) is 35.1 Å². The summed E-state index contributed by atoms with van der Waals surface area (Å²) in [5.74, 6) is 0. The molecule has 1 aromatic heterocycles. The fourth-order valence-electron chi connectivity index (χ4n) is 1.59. The Balaban J connectivity index is 2.17. The molecule has 1 N–H and O–H groups in total. The first-order chi connectivity index (χ1) is 9.42. The number of benzene rings is 1. The molecule has 8 heteroatoms. The molecule has 1 aromatic carbocycles. The van der Waals surface area contributed by atoms with Crippen molar-refractivity contribution < 1.29 is 8.42 Å². The van der Waals surface area contributed by atoms with Crippen molar-refractivity contribution in [2.24, 2.45) is 0 Å². The van der Waals surface area contributed by atoms with Crippen LogP contribution >= 0.6 is 22.9 Å². The Morgan fingerprint density at radius 2 is 2.25 bits per heavy atom. The summed E-state index contributed by atoms with van der Waals surface area (Å²) in [6, 6.07) is 8.75. The fourth-order valence-corrected chi connectivity index (χ4v) is 4.39. The summed E-state index contributed by atoms with van der Waals surface area (Å²) in [5, 5.41) is 8.80. The van der Waals surface area contributed by atoms with Gasteiger partial charge in [-0.15, -0.1) is 0 Å². The van der Waals surface area contributed by atoms with E-state index in [-0.39, 0.29) is 15.2 Å². The van der Waals surface area contributed by atoms with E-state index in [0.717, 1.165) is 11.3 Å². The Kier molecular flexibility index (Phi) is 4.40. The van der Waals surface area contributed by atoms with E-state index >= 15 is 0 Å². The highest BCUT2D eigenvalue weighted by Crippen LogP contribution is 2.26. The van der Waals surface area contributed by atoms with Crippen LogP contribution in [0.4, 0.5) is 0 Å². The van der Waals surface area contributed by atoms with Crippen molar-refractivity contribution in [2.75, 3.05) is 0 Å². The number of rotatable bonds is 4. The molecule has 0 fully saturated rings. The molecular formula is C12H10ClN3O2S2. The zero-order valence-corrected chi connectivity index (χ0v) is 12.8. The first-order valence-electron chi connectivity index (χ1n) is 5.54. The molecule has 0 atom stereocenters. The summed E-state index contributed by atoms with van der Waals surface area (Å²) in [5.41, 5.74) is 1.57. The van der Waals surface area contributed by atoms with Gasteiger partial charge in [-0.05, 0) is 24.6 Å². The van der Waals surface area contributed by atoms with E-state index in [1.807, 2.05) is 6.07 Å². The smallest absolute Gasteiger partial charge is 0.229 e. The average molecular weight is 328 g/mol. The van der Waals surface area contributed by atoms with E-state index in [0.29, 0.717) is 16.8 Å². The van der Waals surface area contributed by atoms with Gasteiger partial charge in [0.1, 0.15) is 0 Å². The number of nitrogens with zero attached hydrogens (tertiary/aromatic N) is 2. The summed E-state index contributed by atoms with van der Waals surface area (Å²) < 4.78 is 27.0. The van der Waals surface area contributed by atoms with E-state index in [1.165, 1.54) is 0 Å². The minimum atomic E-state index is -3.65. The van der Waals surface area contributed by atoms with Crippen LogP contribution in [0, 0.1) is 18.3 Å². The molecule has 2 aromatic rings. The van der Waals surface area contributed by atoms with Gasteiger partial charge in [0, 0.05) is 6.54 Å². The normalized spacial score (nSPS) is 11.2. The highest BCUT2D eigenvalue weighted by molar-refractivity contribution is 7.91. The minimum absolute atomic E-state index is 0.104. The summed E-state index contributed by atoms with van der Waals surface area (Å²) in [6.45, 7) is 1.69. The molecule has 0 saturated carbocycles. The largest absolute Gasteiger partial charge is 0.252 e. The number of hydrogen-bond donors (Lipinski definition) is 1. The maximum atomic E-state index is 12.1. The second-order valence-corrected chi connectivity index (χ2v) is 7.52. The van der Waals surface area contributed by atoms with E-state index in [2.05, 4.69) is 9.71 Å². The lowest BCUT2D eigenvalue weighted by Gasteiger charge is -2.05. The molecule has 0 aliphatic rings. The van der Waals surface area contributed by atoms with Crippen LogP contribution in [0.3, 0.4) is 0 Å². The summed E-state index contributed by atoms with van der Waals surface area (Å²) in [6.07, 6.45) is 0. The van der Waals surface area contributed by atoms with Crippen molar-refractivity contribution in [3.63, 3.8) is 0 Å². The molecule has 0 spiro atoms. The molecule has 5 nitrogen and oxygen atoms in total. The first kappa shape index (κ1) is 14.9. The molecule has 0 aliphatic heterocycles. The topological polar surface area (TPSA) is 82.8 Å². The van der Waals surface area contributed by atoms with Gasteiger partial charge in [0.2, 0.25) is 0 Å². The summed E-state index contributed by atoms with van der Waals surface area (Å²) in [4.78, 5) is 3.88. The molecule has 20 heavy (non-hydrogen) atoms. The number of thiazole rings is 1. The third-order valence-corrected chi connectivity index (χ3v) is 5.77. The number of aryl methyl sites for hydroxylation is 1. The second-order valence-electron chi connectivity index (χ2n) is 3.98. The van der Waals surface area contributed by atoms with Crippen molar-refractivity contribution in [3.05, 3.63) is 45.6 Å². The molecule has 104 valence electrons. The van der Waals surface area contributed by atoms with Gasteiger partial charge < -0.3 is 0 Å². The van der Waals surface area contributed by atoms with Gasteiger partial charge in [0.25, 0.3) is 10.0 Å². The Morgan fingerprint density at radius 3 is 2.85 bits per heavy atom. The predicted molar refractivity (Wildman–Crippen MR) is 77.0 cm³/mol. The second kappa shape index (κ2) is 5.89. The summed E-state index contributed by atoms with van der Waals surface area (Å²) >= 11 is 6.62. The molecule has 0 saturated heterocycles. The van der Waals surface area contributed by atoms with Crippen LogP contribution in [0.5, 0.6) is 0 Å². The quantitative estimate of drug-likeness (QED) is 0.935.